The van der Waals surface area contributed by atoms with Crippen molar-refractivity contribution in [2.45, 2.75) is 12.0 Å². The Labute approximate surface area is 152 Å². The zero-order chi connectivity index (χ0) is 17.1. The number of aromatic nitrogens is 1. The van der Waals surface area contributed by atoms with Crippen molar-refractivity contribution in [1.29, 1.82) is 0 Å². The molecule has 1 aromatic carbocycles. The molecular formula is C18H26N4O2S. The van der Waals surface area contributed by atoms with E-state index in [0.29, 0.717) is 26.3 Å². The van der Waals surface area contributed by atoms with Gasteiger partial charge in [0.05, 0.1) is 23.4 Å². The molecule has 0 aliphatic carbocycles. The van der Waals surface area contributed by atoms with E-state index >= 15 is 0 Å². The van der Waals surface area contributed by atoms with Gasteiger partial charge in [-0.1, -0.05) is 23.5 Å². The first-order chi connectivity index (χ1) is 12.2. The summed E-state index contributed by atoms with van der Waals surface area (Å²) in [4.78, 5) is 9.54. The van der Waals surface area contributed by atoms with Gasteiger partial charge < -0.3 is 20.1 Å². The number of fused-ring (bicyclic) bond motifs is 1. The molecule has 6 nitrogen and oxygen atoms in total. The number of hydrogen-bond donors (Lipinski definition) is 2. The normalized spacial score (nSPS) is 26.5. The van der Waals surface area contributed by atoms with Crippen LogP contribution in [0.2, 0.25) is 0 Å². The Balaban J connectivity index is 1.39. The number of hydrogen-bond acceptors (Lipinski definition) is 7. The third-order valence-corrected chi connectivity index (χ3v) is 6.00. The number of benzene rings is 1. The number of β-amino-alcohol motifs (C(OH)–C–C–N with tert-alkyl or cyclic N) is 1. The molecular weight excluding hydrogens is 336 g/mol. The summed E-state index contributed by atoms with van der Waals surface area (Å²) in [7, 11) is 0. The van der Waals surface area contributed by atoms with Crippen LogP contribution in [0.1, 0.15) is 6.42 Å². The minimum atomic E-state index is -0.790. The van der Waals surface area contributed by atoms with Crippen molar-refractivity contribution >= 4 is 26.7 Å². The van der Waals surface area contributed by atoms with Crippen LogP contribution in [-0.2, 0) is 4.74 Å². The summed E-state index contributed by atoms with van der Waals surface area (Å²) in [6.07, 6.45) is 1.08. The molecule has 1 aromatic heterocycles. The molecule has 0 spiro atoms. The molecule has 0 bridgehead atoms. The summed E-state index contributed by atoms with van der Waals surface area (Å²) in [5, 5.41) is 15.2. The number of aliphatic hydroxyl groups is 1. The van der Waals surface area contributed by atoms with Crippen LogP contribution in [-0.4, -0.2) is 79.6 Å². The Bertz CT molecular complexity index is 666. The number of thiazole rings is 1. The topological polar surface area (TPSA) is 60.9 Å². The van der Waals surface area contributed by atoms with Crippen LogP contribution in [0.4, 0.5) is 5.13 Å². The van der Waals surface area contributed by atoms with Crippen molar-refractivity contribution < 1.29 is 9.84 Å². The van der Waals surface area contributed by atoms with E-state index in [1.165, 1.54) is 4.70 Å². The van der Waals surface area contributed by atoms with E-state index in [1.807, 2.05) is 6.07 Å². The predicted octanol–water partition coefficient (Wildman–Crippen LogP) is 1.16. The van der Waals surface area contributed by atoms with Gasteiger partial charge >= 0.3 is 0 Å². The van der Waals surface area contributed by atoms with E-state index in [-0.39, 0.29) is 0 Å². The monoisotopic (exact) mass is 362 g/mol. The Kier molecular flexibility index (Phi) is 5.19. The second kappa shape index (κ2) is 7.55. The number of anilines is 1. The fraction of sp³-hybridized carbons (Fsp3) is 0.611. The molecule has 2 saturated heterocycles. The predicted molar refractivity (Wildman–Crippen MR) is 102 cm³/mol. The SMILES string of the molecule is O[C@]1(CN2CCCN(c3nc4ccccc4s3)CC2)CNCCOC1. The lowest BCUT2D eigenvalue weighted by atomic mass is 10.0. The lowest BCUT2D eigenvalue weighted by molar-refractivity contribution is -0.0479. The summed E-state index contributed by atoms with van der Waals surface area (Å²) in [5.41, 5.74) is 0.293. The maximum atomic E-state index is 10.8. The van der Waals surface area contributed by atoms with Gasteiger partial charge in [-0.05, 0) is 18.6 Å². The van der Waals surface area contributed by atoms with Gasteiger partial charge in [-0.15, -0.1) is 0 Å². The number of nitrogens with one attached hydrogen (secondary N) is 1. The van der Waals surface area contributed by atoms with Crippen LogP contribution in [0.5, 0.6) is 0 Å². The molecule has 0 radical (unpaired) electrons. The molecule has 0 saturated carbocycles. The van der Waals surface area contributed by atoms with Crippen LogP contribution < -0.4 is 10.2 Å². The summed E-state index contributed by atoms with van der Waals surface area (Å²) in [6.45, 7) is 7.08. The standard InChI is InChI=1S/C18H26N4O2S/c23-18(12-19-6-11-24-14-18)13-21-7-3-8-22(10-9-21)17-20-15-4-1-2-5-16(15)25-17/h1-2,4-5,19,23H,3,6-14H2/t18-/m0/s1. The zero-order valence-electron chi connectivity index (χ0n) is 14.5. The number of ether oxygens (including phenoxy) is 1. The molecule has 0 amide bonds. The summed E-state index contributed by atoms with van der Waals surface area (Å²) in [5.74, 6) is 0. The number of nitrogens with zero attached hydrogens (tertiary/aromatic N) is 3. The molecule has 2 aliphatic rings. The van der Waals surface area contributed by atoms with Crippen molar-refractivity contribution in [3.05, 3.63) is 24.3 Å². The van der Waals surface area contributed by atoms with E-state index in [1.54, 1.807) is 11.3 Å². The van der Waals surface area contributed by atoms with Crippen LogP contribution in [0.3, 0.4) is 0 Å². The summed E-state index contributed by atoms with van der Waals surface area (Å²) >= 11 is 1.77. The Hall–Kier alpha value is -1.25. The Morgan fingerprint density at radius 1 is 1.24 bits per heavy atom. The first kappa shape index (κ1) is 17.2. The molecule has 4 rings (SSSR count). The Morgan fingerprint density at radius 3 is 3.08 bits per heavy atom. The average molecular weight is 362 g/mol. The maximum Gasteiger partial charge on any atom is 0.186 e. The molecule has 25 heavy (non-hydrogen) atoms. The minimum absolute atomic E-state index is 0.415. The average Bonchev–Trinajstić information content (AvgIpc) is 2.75. The fourth-order valence-electron chi connectivity index (χ4n) is 3.61. The summed E-state index contributed by atoms with van der Waals surface area (Å²) in [6, 6.07) is 8.32. The highest BCUT2D eigenvalue weighted by atomic mass is 32.1. The van der Waals surface area contributed by atoms with Crippen molar-refractivity contribution in [3.8, 4) is 0 Å². The highest BCUT2D eigenvalue weighted by Crippen LogP contribution is 2.29. The third kappa shape index (κ3) is 4.12. The van der Waals surface area contributed by atoms with E-state index in [0.717, 1.165) is 49.8 Å². The summed E-state index contributed by atoms with van der Waals surface area (Å²) < 4.78 is 6.79. The van der Waals surface area contributed by atoms with Gasteiger partial charge in [0.15, 0.2) is 5.13 Å². The highest BCUT2D eigenvalue weighted by Gasteiger charge is 2.32. The molecule has 2 aromatic rings. The largest absolute Gasteiger partial charge is 0.385 e. The third-order valence-electron chi connectivity index (χ3n) is 4.91. The molecule has 136 valence electrons. The van der Waals surface area contributed by atoms with Gasteiger partial charge in [0, 0.05) is 45.8 Å². The van der Waals surface area contributed by atoms with Gasteiger partial charge in [-0.2, -0.15) is 0 Å². The fourth-order valence-corrected chi connectivity index (χ4v) is 4.63. The molecule has 2 N–H and O–H groups in total. The van der Waals surface area contributed by atoms with Crippen molar-refractivity contribution in [3.63, 3.8) is 0 Å². The van der Waals surface area contributed by atoms with E-state index in [9.17, 15) is 5.11 Å². The van der Waals surface area contributed by atoms with Crippen LogP contribution in [0.25, 0.3) is 10.2 Å². The lowest BCUT2D eigenvalue weighted by Gasteiger charge is -2.32. The Morgan fingerprint density at radius 2 is 2.16 bits per heavy atom. The molecule has 0 unspecified atom stereocenters. The zero-order valence-corrected chi connectivity index (χ0v) is 15.3. The smallest absolute Gasteiger partial charge is 0.186 e. The number of para-hydroxylation sites is 1. The van der Waals surface area contributed by atoms with Crippen molar-refractivity contribution in [1.82, 2.24) is 15.2 Å². The van der Waals surface area contributed by atoms with Gasteiger partial charge in [-0.3, -0.25) is 4.90 Å². The second-order valence-corrected chi connectivity index (χ2v) is 8.04. The maximum absolute atomic E-state index is 10.8. The van der Waals surface area contributed by atoms with E-state index in [4.69, 9.17) is 9.72 Å². The second-order valence-electron chi connectivity index (χ2n) is 7.03. The van der Waals surface area contributed by atoms with E-state index < -0.39 is 5.60 Å². The molecule has 1 atom stereocenters. The minimum Gasteiger partial charge on any atom is -0.385 e. The first-order valence-corrected chi connectivity index (χ1v) is 9.87. The highest BCUT2D eigenvalue weighted by molar-refractivity contribution is 7.22. The molecule has 2 fully saturated rings. The first-order valence-electron chi connectivity index (χ1n) is 9.06. The lowest BCUT2D eigenvalue weighted by Crippen LogP contribution is -2.52. The van der Waals surface area contributed by atoms with Gasteiger partial charge in [0.25, 0.3) is 0 Å². The van der Waals surface area contributed by atoms with Gasteiger partial charge in [0.2, 0.25) is 0 Å². The van der Waals surface area contributed by atoms with Crippen LogP contribution in [0.15, 0.2) is 24.3 Å². The van der Waals surface area contributed by atoms with Crippen LogP contribution >= 0.6 is 11.3 Å². The van der Waals surface area contributed by atoms with Crippen molar-refractivity contribution in [2.24, 2.45) is 0 Å². The van der Waals surface area contributed by atoms with Crippen LogP contribution in [0, 0.1) is 0 Å². The van der Waals surface area contributed by atoms with Crippen molar-refractivity contribution in [2.75, 3.05) is 63.9 Å². The van der Waals surface area contributed by atoms with Gasteiger partial charge in [-0.25, -0.2) is 4.98 Å². The van der Waals surface area contributed by atoms with E-state index in [2.05, 4.69) is 33.3 Å². The quantitative estimate of drug-likeness (QED) is 0.855. The number of rotatable bonds is 3. The van der Waals surface area contributed by atoms with Gasteiger partial charge in [0.1, 0.15) is 5.60 Å². The molecule has 7 heteroatoms. The molecule has 2 aliphatic heterocycles. The molecule has 3 heterocycles.